The van der Waals surface area contributed by atoms with Gasteiger partial charge < -0.3 is 0 Å². The minimum Gasteiger partial charge on any atom is -0.296 e. The first kappa shape index (κ1) is 28.9. The number of aryl methyl sites for hydroxylation is 1. The predicted molar refractivity (Wildman–Crippen MR) is 215 cm³/mol. The third kappa shape index (κ3) is 4.44. The van der Waals surface area contributed by atoms with E-state index in [1.165, 1.54) is 75.1 Å². The number of hydrogen-bond donors (Lipinski definition) is 0. The van der Waals surface area contributed by atoms with E-state index < -0.39 is 0 Å². The van der Waals surface area contributed by atoms with Crippen molar-refractivity contribution in [2.24, 2.45) is 0 Å². The number of imidazole rings is 1. The first-order valence-electron chi connectivity index (χ1n) is 17.3. The Bertz CT molecular complexity index is 2910. The summed E-state index contributed by atoms with van der Waals surface area (Å²) in [5.41, 5.74) is 10.7. The largest absolute Gasteiger partial charge is 0.296 e. The highest BCUT2D eigenvalue weighted by molar-refractivity contribution is 7.25. The number of benzene rings is 8. The zero-order valence-corrected chi connectivity index (χ0v) is 28.4. The van der Waals surface area contributed by atoms with Crippen LogP contribution in [-0.4, -0.2) is 9.55 Å². The number of para-hydroxylation sites is 3. The molecular formula is C47H32N2S. The lowest BCUT2D eigenvalue weighted by molar-refractivity contribution is 0.909. The third-order valence-corrected chi connectivity index (χ3v) is 11.3. The fraction of sp³-hybridized carbons (Fsp3) is 0.0426. The smallest absolute Gasteiger partial charge is 0.114 e. The zero-order valence-electron chi connectivity index (χ0n) is 27.6. The number of aromatic nitrogens is 2. The van der Waals surface area contributed by atoms with Crippen LogP contribution < -0.4 is 0 Å². The second kappa shape index (κ2) is 11.5. The molecule has 10 rings (SSSR count). The monoisotopic (exact) mass is 656 g/mol. The molecule has 0 spiro atoms. The van der Waals surface area contributed by atoms with Gasteiger partial charge in [-0.1, -0.05) is 128 Å². The van der Waals surface area contributed by atoms with Crippen molar-refractivity contribution in [2.45, 2.75) is 13.3 Å². The molecule has 50 heavy (non-hydrogen) atoms. The van der Waals surface area contributed by atoms with Crippen molar-refractivity contribution < 1.29 is 0 Å². The van der Waals surface area contributed by atoms with Gasteiger partial charge in [0.15, 0.2) is 0 Å². The van der Waals surface area contributed by atoms with Crippen LogP contribution in [0.25, 0.3) is 91.8 Å². The van der Waals surface area contributed by atoms with Gasteiger partial charge in [-0.05, 0) is 91.8 Å². The number of rotatable bonds is 5. The highest BCUT2D eigenvalue weighted by atomic mass is 32.1. The maximum atomic E-state index is 5.07. The summed E-state index contributed by atoms with van der Waals surface area (Å²) < 4.78 is 5.01. The Kier molecular flexibility index (Phi) is 6.68. The molecule has 0 aliphatic carbocycles. The second-order valence-electron chi connectivity index (χ2n) is 13.0. The maximum Gasteiger partial charge on any atom is 0.114 e. The first-order chi connectivity index (χ1) is 24.8. The molecule has 10 aromatic rings. The van der Waals surface area contributed by atoms with E-state index in [0.29, 0.717) is 0 Å². The first-order valence-corrected chi connectivity index (χ1v) is 18.1. The van der Waals surface area contributed by atoms with Gasteiger partial charge in [0, 0.05) is 32.2 Å². The Labute approximate surface area is 294 Å². The van der Waals surface area contributed by atoms with Crippen LogP contribution in [0.3, 0.4) is 0 Å². The molecule has 0 unspecified atom stereocenters. The highest BCUT2D eigenvalue weighted by Crippen LogP contribution is 2.47. The van der Waals surface area contributed by atoms with Gasteiger partial charge in [0.25, 0.3) is 0 Å². The van der Waals surface area contributed by atoms with E-state index in [1.807, 2.05) is 11.3 Å². The van der Waals surface area contributed by atoms with Crippen molar-refractivity contribution in [3.8, 4) is 39.1 Å². The minimum absolute atomic E-state index is 0.837. The Hall–Kier alpha value is -6.03. The predicted octanol–water partition coefficient (Wildman–Crippen LogP) is 13.3. The number of nitrogens with zero attached hydrogens (tertiary/aromatic N) is 2. The quantitative estimate of drug-likeness (QED) is 0.169. The van der Waals surface area contributed by atoms with Gasteiger partial charge in [-0.15, -0.1) is 11.3 Å². The van der Waals surface area contributed by atoms with Crippen molar-refractivity contribution in [3.05, 3.63) is 170 Å². The van der Waals surface area contributed by atoms with Crippen LogP contribution in [0, 0.1) is 0 Å². The Morgan fingerprint density at radius 3 is 1.98 bits per heavy atom. The topological polar surface area (TPSA) is 17.8 Å². The molecule has 0 amide bonds. The van der Waals surface area contributed by atoms with Crippen molar-refractivity contribution in [1.29, 1.82) is 0 Å². The molecule has 0 aliphatic heterocycles. The highest BCUT2D eigenvalue weighted by Gasteiger charge is 2.22. The van der Waals surface area contributed by atoms with Gasteiger partial charge >= 0.3 is 0 Å². The van der Waals surface area contributed by atoms with Gasteiger partial charge in [0.05, 0.1) is 16.7 Å². The molecule has 2 nitrogen and oxygen atoms in total. The minimum atomic E-state index is 0.837. The summed E-state index contributed by atoms with van der Waals surface area (Å²) in [6, 6.07) is 60.0. The van der Waals surface area contributed by atoms with Crippen LogP contribution in [0.4, 0.5) is 0 Å². The van der Waals surface area contributed by atoms with Crippen LogP contribution in [0.1, 0.15) is 12.7 Å². The van der Waals surface area contributed by atoms with Crippen molar-refractivity contribution in [3.63, 3.8) is 0 Å². The number of hydrogen-bond acceptors (Lipinski definition) is 2. The van der Waals surface area contributed by atoms with Crippen LogP contribution in [-0.2, 0) is 6.42 Å². The van der Waals surface area contributed by atoms with E-state index in [-0.39, 0.29) is 0 Å². The lowest BCUT2D eigenvalue weighted by Gasteiger charge is -2.21. The summed E-state index contributed by atoms with van der Waals surface area (Å²) in [6.07, 6.45) is 0.837. The van der Waals surface area contributed by atoms with Crippen LogP contribution in [0.5, 0.6) is 0 Å². The van der Waals surface area contributed by atoms with Gasteiger partial charge in [-0.2, -0.15) is 0 Å². The van der Waals surface area contributed by atoms with Crippen molar-refractivity contribution in [2.75, 3.05) is 0 Å². The summed E-state index contributed by atoms with van der Waals surface area (Å²) in [5.74, 6) is 1.06. The average molecular weight is 657 g/mol. The molecule has 236 valence electrons. The molecule has 0 N–H and O–H groups in total. The maximum absolute atomic E-state index is 5.07. The van der Waals surface area contributed by atoms with Gasteiger partial charge in [0.1, 0.15) is 5.82 Å². The van der Waals surface area contributed by atoms with Gasteiger partial charge in [0.2, 0.25) is 0 Å². The van der Waals surface area contributed by atoms with Crippen LogP contribution in [0.15, 0.2) is 164 Å². The third-order valence-electron chi connectivity index (χ3n) is 10.2. The van der Waals surface area contributed by atoms with E-state index in [0.717, 1.165) is 29.0 Å². The van der Waals surface area contributed by atoms with E-state index in [2.05, 4.69) is 175 Å². The van der Waals surface area contributed by atoms with Crippen LogP contribution >= 0.6 is 11.3 Å². The Morgan fingerprint density at radius 1 is 0.480 bits per heavy atom. The summed E-state index contributed by atoms with van der Waals surface area (Å²) in [6.45, 7) is 2.19. The lowest BCUT2D eigenvalue weighted by Crippen LogP contribution is -2.03. The van der Waals surface area contributed by atoms with Crippen molar-refractivity contribution in [1.82, 2.24) is 9.55 Å². The van der Waals surface area contributed by atoms with Crippen LogP contribution in [0.2, 0.25) is 0 Å². The summed E-state index contributed by atoms with van der Waals surface area (Å²) in [4.78, 5) is 5.07. The molecule has 0 aliphatic rings. The molecule has 2 aromatic heterocycles. The molecule has 8 aromatic carbocycles. The van der Waals surface area contributed by atoms with E-state index in [1.54, 1.807) is 0 Å². The normalized spacial score (nSPS) is 11.8. The molecular weight excluding hydrogens is 625 g/mol. The van der Waals surface area contributed by atoms with E-state index >= 15 is 0 Å². The average Bonchev–Trinajstić information content (AvgIpc) is 3.75. The summed E-state index contributed by atoms with van der Waals surface area (Å²) >= 11 is 1.87. The molecule has 3 heteroatoms. The number of fused-ring (bicyclic) bond motifs is 6. The fourth-order valence-electron chi connectivity index (χ4n) is 7.93. The second-order valence-corrected chi connectivity index (χ2v) is 14.0. The molecule has 0 bridgehead atoms. The molecule has 2 heterocycles. The van der Waals surface area contributed by atoms with Gasteiger partial charge in [-0.25, -0.2) is 4.98 Å². The molecule has 0 fully saturated rings. The standard InChI is InChI=1S/C47H32N2S/c1-2-45-48-40-20-10-12-22-42(40)49(45)41-21-11-8-19-37(41)47-35-18-7-6-17-34(35)46(39-28-31(24-26-36(39)47)30-14-4-3-5-15-30)32-25-27-44-38(29-32)33-16-9-13-23-43(33)50-44/h3-29H,2H2,1H3. The Balaban J connectivity index is 1.33. The molecule has 0 saturated heterocycles. The summed E-state index contributed by atoms with van der Waals surface area (Å²) in [7, 11) is 0. The van der Waals surface area contributed by atoms with E-state index in [4.69, 9.17) is 4.98 Å². The van der Waals surface area contributed by atoms with Gasteiger partial charge in [-0.3, -0.25) is 4.57 Å². The molecule has 0 radical (unpaired) electrons. The van der Waals surface area contributed by atoms with E-state index in [9.17, 15) is 0 Å². The molecule has 0 saturated carbocycles. The Morgan fingerprint density at radius 2 is 1.12 bits per heavy atom. The fourth-order valence-corrected chi connectivity index (χ4v) is 9.02. The number of thiophene rings is 1. The molecule has 0 atom stereocenters. The van der Waals surface area contributed by atoms with Crippen molar-refractivity contribution >= 4 is 64.1 Å². The SMILES string of the molecule is CCc1nc2ccccc2n1-c1ccccc1-c1c2ccccc2c(-c2ccc3sc4ccccc4c3c2)c2cc(-c3ccccc3)ccc12. The summed E-state index contributed by atoms with van der Waals surface area (Å²) in [5, 5.41) is 7.61. The zero-order chi connectivity index (χ0) is 33.2. The lowest BCUT2D eigenvalue weighted by atomic mass is 9.84.